The second-order valence-corrected chi connectivity index (χ2v) is 12.3. The summed E-state index contributed by atoms with van der Waals surface area (Å²) < 4.78 is 0. The van der Waals surface area contributed by atoms with Crippen molar-refractivity contribution in [2.75, 3.05) is 13.1 Å². The van der Waals surface area contributed by atoms with Crippen molar-refractivity contribution in [3.8, 4) is 0 Å². The van der Waals surface area contributed by atoms with E-state index in [4.69, 9.17) is 0 Å². The van der Waals surface area contributed by atoms with Crippen LogP contribution >= 0.6 is 0 Å². The molecule has 4 bridgehead atoms. The minimum atomic E-state index is 0.271. The first-order chi connectivity index (χ1) is 12.0. The molecule has 0 N–H and O–H groups in total. The molecule has 6 atom stereocenters. The Balaban J connectivity index is 1.45. The van der Waals surface area contributed by atoms with Crippen molar-refractivity contribution in [2.24, 2.45) is 33.5 Å². The highest BCUT2D eigenvalue weighted by Gasteiger charge is 2.66. The van der Waals surface area contributed by atoms with Crippen LogP contribution in [0.1, 0.15) is 80.1 Å². The molecule has 2 amide bonds. The minimum absolute atomic E-state index is 0.271. The molecule has 0 spiro atoms. The fourth-order valence-corrected chi connectivity index (χ4v) is 9.16. The number of carbonyl (C=O) groups excluding carboxylic acids is 1. The molecule has 3 nitrogen and oxygen atoms in total. The Morgan fingerprint density at radius 3 is 1.42 bits per heavy atom. The maximum atomic E-state index is 13.7. The highest BCUT2D eigenvalue weighted by molar-refractivity contribution is 5.78. The van der Waals surface area contributed by atoms with Gasteiger partial charge in [-0.15, -0.1) is 0 Å². The largest absolute Gasteiger partial charge is 0.320 e. The summed E-state index contributed by atoms with van der Waals surface area (Å²) in [5.41, 5.74) is 1.22. The molecule has 5 fully saturated rings. The Kier molecular flexibility index (Phi) is 3.21. The van der Waals surface area contributed by atoms with Gasteiger partial charge in [0.25, 0.3) is 0 Å². The average molecular weight is 359 g/mol. The van der Waals surface area contributed by atoms with Gasteiger partial charge in [0, 0.05) is 25.2 Å². The number of amides is 2. The van der Waals surface area contributed by atoms with Gasteiger partial charge in [-0.3, -0.25) is 0 Å². The lowest BCUT2D eigenvalue weighted by Crippen LogP contribution is -2.57. The molecule has 0 aromatic carbocycles. The first kappa shape index (κ1) is 17.4. The molecule has 3 heteroatoms. The van der Waals surface area contributed by atoms with Crippen LogP contribution in [0.4, 0.5) is 4.79 Å². The normalized spacial score (nSPS) is 51.1. The Labute approximate surface area is 159 Å². The van der Waals surface area contributed by atoms with Gasteiger partial charge >= 0.3 is 6.03 Å². The molecule has 0 radical (unpaired) electrons. The molecule has 6 unspecified atom stereocenters. The zero-order valence-corrected chi connectivity index (χ0v) is 17.8. The second kappa shape index (κ2) is 4.81. The van der Waals surface area contributed by atoms with E-state index in [0.717, 1.165) is 24.9 Å². The third-order valence-electron chi connectivity index (χ3n) is 10.1. The predicted octanol–water partition coefficient (Wildman–Crippen LogP) is 5.15. The first-order valence-electron chi connectivity index (χ1n) is 11.1. The van der Waals surface area contributed by atoms with Crippen LogP contribution in [0.15, 0.2) is 0 Å². The van der Waals surface area contributed by atoms with Crippen molar-refractivity contribution in [3.63, 3.8) is 0 Å². The monoisotopic (exact) mass is 358 g/mol. The Morgan fingerprint density at radius 2 is 1.12 bits per heavy atom. The van der Waals surface area contributed by atoms with Gasteiger partial charge in [0.05, 0.1) is 0 Å². The third kappa shape index (κ3) is 1.88. The molecule has 4 aliphatic carbocycles. The lowest BCUT2D eigenvalue weighted by molar-refractivity contribution is 0.0180. The van der Waals surface area contributed by atoms with E-state index in [1.165, 1.54) is 38.5 Å². The van der Waals surface area contributed by atoms with Gasteiger partial charge in [0.1, 0.15) is 0 Å². The zero-order valence-electron chi connectivity index (χ0n) is 17.8. The lowest BCUT2D eigenvalue weighted by atomic mass is 9.67. The van der Waals surface area contributed by atoms with Crippen molar-refractivity contribution in [1.82, 2.24) is 9.80 Å². The Morgan fingerprint density at radius 1 is 0.731 bits per heavy atom. The summed E-state index contributed by atoms with van der Waals surface area (Å²) >= 11 is 0. The first-order valence-corrected chi connectivity index (χ1v) is 11.1. The van der Waals surface area contributed by atoms with Crippen molar-refractivity contribution in [1.29, 1.82) is 0 Å². The van der Waals surface area contributed by atoms with Crippen LogP contribution in [0, 0.1) is 33.5 Å². The Hall–Kier alpha value is -0.730. The smallest absolute Gasteiger partial charge is 0.319 e. The van der Waals surface area contributed by atoms with Crippen LogP contribution in [-0.2, 0) is 0 Å². The van der Waals surface area contributed by atoms with Crippen LogP contribution in [-0.4, -0.2) is 41.0 Å². The maximum absolute atomic E-state index is 13.7. The van der Waals surface area contributed by atoms with Crippen LogP contribution in [0.2, 0.25) is 0 Å². The van der Waals surface area contributed by atoms with Crippen molar-refractivity contribution >= 4 is 6.03 Å². The quantitative estimate of drug-likeness (QED) is 0.669. The van der Waals surface area contributed by atoms with Crippen LogP contribution in [0.25, 0.3) is 0 Å². The van der Waals surface area contributed by atoms with E-state index in [9.17, 15) is 4.79 Å². The van der Waals surface area contributed by atoms with Gasteiger partial charge in [0.15, 0.2) is 0 Å². The molecule has 5 rings (SSSR count). The summed E-state index contributed by atoms with van der Waals surface area (Å²) in [7, 11) is 0. The van der Waals surface area contributed by atoms with E-state index in [1.807, 2.05) is 0 Å². The van der Waals surface area contributed by atoms with Crippen molar-refractivity contribution < 1.29 is 4.79 Å². The Bertz CT molecular complexity index is 591. The van der Waals surface area contributed by atoms with Gasteiger partial charge in [-0.05, 0) is 72.0 Å². The molecule has 1 aliphatic heterocycles. The average Bonchev–Trinajstić information content (AvgIpc) is 3.26. The fraction of sp³-hybridized carbons (Fsp3) is 0.957. The van der Waals surface area contributed by atoms with Crippen molar-refractivity contribution in [3.05, 3.63) is 0 Å². The third-order valence-corrected chi connectivity index (χ3v) is 10.1. The molecule has 0 aromatic rings. The summed E-state index contributed by atoms with van der Waals surface area (Å²) in [5.74, 6) is 1.60. The molecule has 146 valence electrons. The molecule has 1 heterocycles. The standard InChI is InChI=1S/C23H38N2O/c1-20(2)15-7-9-22(5,13-15)17(20)24-11-12-25(19(24)26)18-21(3,4)16-8-10-23(18,6)14-16/h15-18H,7-14H2,1-6H3. The number of fused-ring (bicyclic) bond motifs is 4. The highest BCUT2D eigenvalue weighted by atomic mass is 16.2. The van der Waals surface area contributed by atoms with E-state index in [1.54, 1.807) is 0 Å². The molecule has 26 heavy (non-hydrogen) atoms. The van der Waals surface area contributed by atoms with Crippen LogP contribution < -0.4 is 0 Å². The fourth-order valence-electron chi connectivity index (χ4n) is 9.16. The maximum Gasteiger partial charge on any atom is 0.320 e. The van der Waals surface area contributed by atoms with Gasteiger partial charge in [-0.1, -0.05) is 41.5 Å². The zero-order chi connectivity index (χ0) is 18.7. The van der Waals surface area contributed by atoms with Gasteiger partial charge in [-0.2, -0.15) is 0 Å². The summed E-state index contributed by atoms with van der Waals surface area (Å²) in [6, 6.07) is 1.23. The number of nitrogens with zero attached hydrogens (tertiary/aromatic N) is 2. The molecule has 5 aliphatic rings. The predicted molar refractivity (Wildman–Crippen MR) is 105 cm³/mol. The molecule has 0 aromatic heterocycles. The number of hydrogen-bond acceptors (Lipinski definition) is 1. The second-order valence-electron chi connectivity index (χ2n) is 12.3. The SMILES string of the molecule is CC12CCC(C1)C(C)(C)C2N1CCN(C2C3(C)CCC(C3)C2(C)C)C1=O. The van der Waals surface area contributed by atoms with Gasteiger partial charge in [0.2, 0.25) is 0 Å². The van der Waals surface area contributed by atoms with Crippen molar-refractivity contribution in [2.45, 2.75) is 92.2 Å². The molecular weight excluding hydrogens is 320 g/mol. The summed E-state index contributed by atoms with van der Waals surface area (Å²) in [6.07, 6.45) is 7.99. The van der Waals surface area contributed by atoms with E-state index in [-0.39, 0.29) is 10.8 Å². The number of hydrogen-bond donors (Lipinski definition) is 0. The van der Waals surface area contributed by atoms with E-state index < -0.39 is 0 Å². The summed E-state index contributed by atoms with van der Waals surface area (Å²) in [6.45, 7) is 16.6. The van der Waals surface area contributed by atoms with Crippen LogP contribution in [0.3, 0.4) is 0 Å². The topological polar surface area (TPSA) is 23.6 Å². The molecule has 4 saturated carbocycles. The van der Waals surface area contributed by atoms with Crippen LogP contribution in [0.5, 0.6) is 0 Å². The molecule has 1 saturated heterocycles. The van der Waals surface area contributed by atoms with E-state index in [2.05, 4.69) is 51.3 Å². The number of rotatable bonds is 2. The molecular formula is C23H38N2O. The van der Waals surface area contributed by atoms with Gasteiger partial charge < -0.3 is 9.80 Å². The number of urea groups is 1. The summed E-state index contributed by atoms with van der Waals surface area (Å²) in [4.78, 5) is 18.4. The van der Waals surface area contributed by atoms with Gasteiger partial charge in [-0.25, -0.2) is 4.79 Å². The van der Waals surface area contributed by atoms with E-state index in [0.29, 0.717) is 28.9 Å². The number of carbonyl (C=O) groups is 1. The lowest BCUT2D eigenvalue weighted by Gasteiger charge is -2.49. The summed E-state index contributed by atoms with van der Waals surface area (Å²) in [5, 5.41) is 0. The highest BCUT2D eigenvalue weighted by Crippen LogP contribution is 2.66. The minimum Gasteiger partial charge on any atom is -0.319 e. The van der Waals surface area contributed by atoms with E-state index >= 15 is 0 Å².